The van der Waals surface area contributed by atoms with Crippen LogP contribution in [0.15, 0.2) is 0 Å². The largest absolute Gasteiger partial charge is 0.376 e. The summed E-state index contributed by atoms with van der Waals surface area (Å²) in [6, 6.07) is 0.380. The first kappa shape index (κ1) is 8.05. The van der Waals surface area contributed by atoms with Gasteiger partial charge in [0.1, 0.15) is 0 Å². The monoisotopic (exact) mass is 169 g/mol. The Balaban J connectivity index is 1.96. The van der Waals surface area contributed by atoms with Crippen LogP contribution in [0.3, 0.4) is 0 Å². The third kappa shape index (κ3) is 1.33. The van der Waals surface area contributed by atoms with E-state index in [1.54, 1.807) is 0 Å². The fraction of sp³-hybridized carbons (Fsp3) is 0.889. The quantitative estimate of drug-likeness (QED) is 0.572. The molecule has 3 nitrogen and oxygen atoms in total. The summed E-state index contributed by atoms with van der Waals surface area (Å²) in [4.78, 5) is 12.5. The van der Waals surface area contributed by atoms with Crippen molar-refractivity contribution in [2.24, 2.45) is 0 Å². The lowest BCUT2D eigenvalue weighted by Crippen LogP contribution is -2.37. The highest BCUT2D eigenvalue weighted by Crippen LogP contribution is 2.26. The summed E-state index contributed by atoms with van der Waals surface area (Å²) in [5, 5.41) is 0. The zero-order valence-corrected chi connectivity index (χ0v) is 7.24. The van der Waals surface area contributed by atoms with Gasteiger partial charge in [-0.15, -0.1) is 0 Å². The first-order valence-electron chi connectivity index (χ1n) is 4.74. The normalized spacial score (nSPS) is 35.8. The second-order valence-electron chi connectivity index (χ2n) is 3.60. The summed E-state index contributed by atoms with van der Waals surface area (Å²) >= 11 is 0. The minimum absolute atomic E-state index is 0.331. The van der Waals surface area contributed by atoms with E-state index in [0.717, 1.165) is 45.2 Å². The molecule has 0 aromatic heterocycles. The maximum absolute atomic E-state index is 10.6. The summed E-state index contributed by atoms with van der Waals surface area (Å²) in [5.41, 5.74) is 0. The molecule has 0 bridgehead atoms. The van der Waals surface area contributed by atoms with Crippen LogP contribution in [0, 0.1) is 0 Å². The van der Waals surface area contributed by atoms with Gasteiger partial charge in [0, 0.05) is 13.2 Å². The van der Waals surface area contributed by atoms with E-state index in [9.17, 15) is 4.79 Å². The molecule has 2 aliphatic heterocycles. The molecular formula is C9H15NO2. The van der Waals surface area contributed by atoms with Crippen molar-refractivity contribution in [3.05, 3.63) is 0 Å². The molecule has 2 aliphatic rings. The van der Waals surface area contributed by atoms with E-state index in [-0.39, 0.29) is 0 Å². The van der Waals surface area contributed by atoms with Crippen LogP contribution in [0.4, 0.5) is 0 Å². The van der Waals surface area contributed by atoms with Gasteiger partial charge < -0.3 is 9.64 Å². The fourth-order valence-corrected chi connectivity index (χ4v) is 2.25. The van der Waals surface area contributed by atoms with Gasteiger partial charge >= 0.3 is 0 Å². The zero-order chi connectivity index (χ0) is 8.39. The van der Waals surface area contributed by atoms with Crippen molar-refractivity contribution in [1.29, 1.82) is 0 Å². The van der Waals surface area contributed by atoms with Crippen LogP contribution in [-0.2, 0) is 9.53 Å². The predicted molar refractivity (Wildman–Crippen MR) is 44.8 cm³/mol. The van der Waals surface area contributed by atoms with Crippen LogP contribution < -0.4 is 0 Å². The summed E-state index contributed by atoms with van der Waals surface area (Å²) in [6.07, 6.45) is 5.87. The molecule has 1 amide bonds. The molecule has 0 aromatic carbocycles. The molecule has 0 radical (unpaired) electrons. The van der Waals surface area contributed by atoms with Crippen molar-refractivity contribution in [3.8, 4) is 0 Å². The van der Waals surface area contributed by atoms with E-state index in [0.29, 0.717) is 12.1 Å². The standard InChI is InChI=1S/C9H15NO2/c11-7-10-5-1-3-8(10)9-4-2-6-12-9/h7-9H,1-6H2. The summed E-state index contributed by atoms with van der Waals surface area (Å²) in [7, 11) is 0. The van der Waals surface area contributed by atoms with Gasteiger partial charge in [0.25, 0.3) is 0 Å². The molecule has 2 rings (SSSR count). The molecule has 2 unspecified atom stereocenters. The summed E-state index contributed by atoms with van der Waals surface area (Å²) in [6.45, 7) is 1.81. The topological polar surface area (TPSA) is 29.5 Å². The van der Waals surface area contributed by atoms with Crippen LogP contribution in [-0.4, -0.2) is 36.6 Å². The lowest BCUT2D eigenvalue weighted by atomic mass is 10.1. The molecule has 2 saturated heterocycles. The number of rotatable bonds is 2. The van der Waals surface area contributed by atoms with Crippen LogP contribution in [0.1, 0.15) is 25.7 Å². The molecule has 0 aliphatic carbocycles. The number of ether oxygens (including phenoxy) is 1. The molecule has 2 atom stereocenters. The molecule has 2 fully saturated rings. The molecule has 12 heavy (non-hydrogen) atoms. The Labute approximate surface area is 72.7 Å². The highest BCUT2D eigenvalue weighted by molar-refractivity contribution is 5.48. The van der Waals surface area contributed by atoms with Crippen LogP contribution in [0.2, 0.25) is 0 Å². The van der Waals surface area contributed by atoms with Gasteiger partial charge in [-0.3, -0.25) is 4.79 Å². The Hall–Kier alpha value is -0.570. The summed E-state index contributed by atoms with van der Waals surface area (Å²) < 4.78 is 5.57. The number of hydrogen-bond acceptors (Lipinski definition) is 2. The first-order valence-corrected chi connectivity index (χ1v) is 4.74. The average molecular weight is 169 g/mol. The Morgan fingerprint density at radius 2 is 2.25 bits per heavy atom. The first-order chi connectivity index (χ1) is 5.92. The van der Waals surface area contributed by atoms with Gasteiger partial charge in [-0.25, -0.2) is 0 Å². The van der Waals surface area contributed by atoms with Crippen LogP contribution in [0.5, 0.6) is 0 Å². The van der Waals surface area contributed by atoms with E-state index >= 15 is 0 Å². The molecule has 0 N–H and O–H groups in total. The highest BCUT2D eigenvalue weighted by atomic mass is 16.5. The lowest BCUT2D eigenvalue weighted by molar-refractivity contribution is -0.121. The van der Waals surface area contributed by atoms with E-state index in [4.69, 9.17) is 4.74 Å². The van der Waals surface area contributed by atoms with Gasteiger partial charge in [0.15, 0.2) is 0 Å². The Morgan fingerprint density at radius 3 is 2.92 bits per heavy atom. The average Bonchev–Trinajstić information content (AvgIpc) is 2.74. The van der Waals surface area contributed by atoms with Crippen molar-refractivity contribution < 1.29 is 9.53 Å². The number of hydrogen-bond donors (Lipinski definition) is 0. The zero-order valence-electron chi connectivity index (χ0n) is 7.24. The van der Waals surface area contributed by atoms with Crippen molar-refractivity contribution in [2.75, 3.05) is 13.2 Å². The second-order valence-corrected chi connectivity index (χ2v) is 3.60. The molecule has 0 aromatic rings. The Morgan fingerprint density at radius 1 is 1.33 bits per heavy atom. The maximum Gasteiger partial charge on any atom is 0.210 e. The predicted octanol–water partition coefficient (Wildman–Crippen LogP) is 0.786. The number of amides is 1. The number of nitrogens with zero attached hydrogens (tertiary/aromatic N) is 1. The molecule has 3 heteroatoms. The Bertz CT molecular complexity index is 166. The van der Waals surface area contributed by atoms with E-state index in [1.807, 2.05) is 4.90 Å². The minimum atomic E-state index is 0.331. The number of likely N-dealkylation sites (tertiary alicyclic amines) is 1. The fourth-order valence-electron chi connectivity index (χ4n) is 2.25. The third-order valence-electron chi connectivity index (χ3n) is 2.87. The van der Waals surface area contributed by atoms with Gasteiger partial charge in [-0.1, -0.05) is 0 Å². The molecule has 2 heterocycles. The molecule has 0 spiro atoms. The highest BCUT2D eigenvalue weighted by Gasteiger charge is 2.33. The van der Waals surface area contributed by atoms with Gasteiger partial charge in [-0.2, -0.15) is 0 Å². The molecule has 0 saturated carbocycles. The van der Waals surface area contributed by atoms with Gasteiger partial charge in [-0.05, 0) is 25.7 Å². The van der Waals surface area contributed by atoms with Crippen molar-refractivity contribution in [3.63, 3.8) is 0 Å². The van der Waals surface area contributed by atoms with Crippen molar-refractivity contribution in [1.82, 2.24) is 4.90 Å². The molecular weight excluding hydrogens is 154 g/mol. The SMILES string of the molecule is O=CN1CCCC1C1CCCO1. The van der Waals surface area contributed by atoms with Crippen molar-refractivity contribution in [2.45, 2.75) is 37.8 Å². The number of carbonyl (C=O) groups excluding carboxylic acids is 1. The molecule has 68 valence electrons. The maximum atomic E-state index is 10.6. The van der Waals surface area contributed by atoms with Gasteiger partial charge in [0.05, 0.1) is 12.1 Å². The van der Waals surface area contributed by atoms with Crippen molar-refractivity contribution >= 4 is 6.41 Å². The second kappa shape index (κ2) is 3.44. The lowest BCUT2D eigenvalue weighted by Gasteiger charge is -2.24. The minimum Gasteiger partial charge on any atom is -0.376 e. The Kier molecular flexibility index (Phi) is 2.30. The van der Waals surface area contributed by atoms with E-state index < -0.39 is 0 Å². The third-order valence-corrected chi connectivity index (χ3v) is 2.87. The van der Waals surface area contributed by atoms with E-state index in [1.165, 1.54) is 0 Å². The van der Waals surface area contributed by atoms with Gasteiger partial charge in [0.2, 0.25) is 6.41 Å². The van der Waals surface area contributed by atoms with E-state index in [2.05, 4.69) is 0 Å². The number of carbonyl (C=O) groups is 1. The smallest absolute Gasteiger partial charge is 0.210 e. The summed E-state index contributed by atoms with van der Waals surface area (Å²) in [5.74, 6) is 0. The van der Waals surface area contributed by atoms with Crippen LogP contribution >= 0.6 is 0 Å². The van der Waals surface area contributed by atoms with Crippen LogP contribution in [0.25, 0.3) is 0 Å².